The minimum absolute atomic E-state index is 0.0640. The quantitative estimate of drug-likeness (QED) is 0.333. The Morgan fingerprint density at radius 2 is 1.74 bits per heavy atom. The molecule has 3 aromatic rings. The summed E-state index contributed by atoms with van der Waals surface area (Å²) in [7, 11) is 0. The molecule has 0 spiro atoms. The zero-order valence-electron chi connectivity index (χ0n) is 21.2. The van der Waals surface area contributed by atoms with E-state index in [4.69, 9.17) is 14.2 Å². The Labute approximate surface area is 221 Å². The van der Waals surface area contributed by atoms with Crippen LogP contribution >= 0.6 is 0 Å². The number of carbonyl (C=O) groups excluding carboxylic acids is 3. The molecule has 1 unspecified atom stereocenters. The first-order chi connectivity index (χ1) is 18.5. The lowest BCUT2D eigenvalue weighted by Gasteiger charge is -2.22. The summed E-state index contributed by atoms with van der Waals surface area (Å²) in [5.41, 5.74) is 1.24. The largest absolute Gasteiger partial charge is 0.486 e. The summed E-state index contributed by atoms with van der Waals surface area (Å²) in [5, 5.41) is 0. The Balaban J connectivity index is 1.24. The molecule has 2 aliphatic rings. The molecule has 39 heavy (non-hydrogen) atoms. The third kappa shape index (κ3) is 5.21. The number of carbonyl (C=O) groups is 3. The van der Waals surface area contributed by atoms with Gasteiger partial charge in [-0.1, -0.05) is 6.07 Å². The zero-order valence-corrected chi connectivity index (χ0v) is 21.2. The van der Waals surface area contributed by atoms with Gasteiger partial charge in [0, 0.05) is 47.4 Å². The number of anilines is 1. The lowest BCUT2D eigenvalue weighted by molar-refractivity contribution is -0.147. The standard InChI is InChI=1S/C28H25F3N2O6/c1-16-10-22(17(2)33(16)21-5-3-4-19(12-21)28(29,30)31)23(34)15-39-27(36)18-11-26(35)32(14-18)20-6-7-24-25(13-20)38-9-8-37-24/h3-7,10,12-13,18H,8-9,11,14-15H2,1-2H3. The molecule has 0 bridgehead atoms. The van der Waals surface area contributed by atoms with Gasteiger partial charge in [-0.2, -0.15) is 13.2 Å². The number of fused-ring (bicyclic) bond motifs is 1. The van der Waals surface area contributed by atoms with Gasteiger partial charge in [0.15, 0.2) is 18.1 Å². The molecule has 5 rings (SSSR count). The average molecular weight is 543 g/mol. The van der Waals surface area contributed by atoms with Crippen molar-refractivity contribution in [1.82, 2.24) is 4.57 Å². The Kier molecular flexibility index (Phi) is 6.83. The van der Waals surface area contributed by atoms with E-state index in [2.05, 4.69) is 0 Å². The third-order valence-corrected chi connectivity index (χ3v) is 6.80. The van der Waals surface area contributed by atoms with Gasteiger partial charge in [0.2, 0.25) is 11.7 Å². The minimum Gasteiger partial charge on any atom is -0.486 e. The zero-order chi connectivity index (χ0) is 27.9. The molecule has 8 nitrogen and oxygen atoms in total. The van der Waals surface area contributed by atoms with Crippen molar-refractivity contribution in [2.24, 2.45) is 5.92 Å². The van der Waals surface area contributed by atoms with Gasteiger partial charge in [0.05, 0.1) is 11.5 Å². The first-order valence-electron chi connectivity index (χ1n) is 12.3. The Morgan fingerprint density at radius 3 is 2.49 bits per heavy atom. The van der Waals surface area contributed by atoms with Crippen molar-refractivity contribution < 1.29 is 41.8 Å². The predicted molar refractivity (Wildman–Crippen MR) is 133 cm³/mol. The van der Waals surface area contributed by atoms with Crippen LogP contribution < -0.4 is 14.4 Å². The van der Waals surface area contributed by atoms with Gasteiger partial charge in [-0.25, -0.2) is 0 Å². The molecule has 204 valence electrons. The van der Waals surface area contributed by atoms with Crippen molar-refractivity contribution in [3.63, 3.8) is 0 Å². The first-order valence-corrected chi connectivity index (χ1v) is 12.3. The van der Waals surface area contributed by atoms with E-state index in [9.17, 15) is 27.6 Å². The summed E-state index contributed by atoms with van der Waals surface area (Å²) in [6.07, 6.45) is -4.57. The van der Waals surface area contributed by atoms with Crippen molar-refractivity contribution in [2.75, 3.05) is 31.3 Å². The van der Waals surface area contributed by atoms with Crippen molar-refractivity contribution >= 4 is 23.3 Å². The summed E-state index contributed by atoms with van der Waals surface area (Å²) in [6, 6.07) is 11.5. The predicted octanol–water partition coefficient (Wildman–Crippen LogP) is 4.66. The van der Waals surface area contributed by atoms with Gasteiger partial charge in [-0.05, 0) is 50.2 Å². The molecule has 1 saturated heterocycles. The van der Waals surface area contributed by atoms with Crippen LogP contribution in [0.4, 0.5) is 18.9 Å². The molecule has 0 N–H and O–H groups in total. The Morgan fingerprint density at radius 1 is 1.00 bits per heavy atom. The second kappa shape index (κ2) is 10.1. The summed E-state index contributed by atoms with van der Waals surface area (Å²) in [5.74, 6) is -1.09. The topological polar surface area (TPSA) is 87.1 Å². The molecule has 3 heterocycles. The normalized spacial score (nSPS) is 16.9. The maximum Gasteiger partial charge on any atom is 0.416 e. The van der Waals surface area contributed by atoms with Crippen molar-refractivity contribution in [1.29, 1.82) is 0 Å². The fourth-order valence-corrected chi connectivity index (χ4v) is 4.91. The van der Waals surface area contributed by atoms with E-state index in [0.29, 0.717) is 41.8 Å². The van der Waals surface area contributed by atoms with Crippen LogP contribution in [0, 0.1) is 19.8 Å². The van der Waals surface area contributed by atoms with Gasteiger partial charge in [0.25, 0.3) is 0 Å². The van der Waals surface area contributed by atoms with Gasteiger partial charge >= 0.3 is 12.1 Å². The van der Waals surface area contributed by atoms with Crippen molar-refractivity contribution in [3.8, 4) is 17.2 Å². The lowest BCUT2D eigenvalue weighted by Crippen LogP contribution is -2.27. The molecule has 1 amide bonds. The highest BCUT2D eigenvalue weighted by Crippen LogP contribution is 2.36. The molecule has 2 aromatic carbocycles. The first kappa shape index (κ1) is 26.3. The van der Waals surface area contributed by atoms with Gasteiger partial charge < -0.3 is 23.7 Å². The molecular weight excluding hydrogens is 517 g/mol. The molecule has 2 aliphatic heterocycles. The number of nitrogens with zero attached hydrogens (tertiary/aromatic N) is 2. The van der Waals surface area contributed by atoms with E-state index in [1.165, 1.54) is 17.0 Å². The van der Waals surface area contributed by atoms with Crippen LogP contribution in [-0.4, -0.2) is 48.6 Å². The molecule has 1 fully saturated rings. The molecular formula is C28H25F3N2O6. The number of ether oxygens (including phenoxy) is 3. The molecule has 0 saturated carbocycles. The van der Waals surface area contributed by atoms with E-state index < -0.39 is 36.0 Å². The fraction of sp³-hybridized carbons (Fsp3) is 0.321. The number of aryl methyl sites for hydroxylation is 1. The van der Waals surface area contributed by atoms with E-state index in [1.807, 2.05) is 0 Å². The number of Topliss-reactive ketones (excluding diaryl/α,β-unsaturated/α-hetero) is 1. The van der Waals surface area contributed by atoms with Crippen LogP contribution in [0.5, 0.6) is 11.5 Å². The molecule has 1 atom stereocenters. The summed E-state index contributed by atoms with van der Waals surface area (Å²) in [6.45, 7) is 3.66. The number of ketones is 1. The number of esters is 1. The van der Waals surface area contributed by atoms with E-state index >= 15 is 0 Å². The van der Waals surface area contributed by atoms with Crippen LogP contribution in [0.2, 0.25) is 0 Å². The highest BCUT2D eigenvalue weighted by Gasteiger charge is 2.37. The number of hydrogen-bond acceptors (Lipinski definition) is 6. The number of rotatable bonds is 6. The summed E-state index contributed by atoms with van der Waals surface area (Å²) in [4.78, 5) is 39.8. The highest BCUT2D eigenvalue weighted by molar-refractivity contribution is 6.01. The summed E-state index contributed by atoms with van der Waals surface area (Å²) < 4.78 is 57.4. The number of aromatic nitrogens is 1. The molecule has 1 aromatic heterocycles. The number of benzene rings is 2. The number of hydrogen-bond donors (Lipinski definition) is 0. The van der Waals surface area contributed by atoms with Crippen LogP contribution in [0.1, 0.15) is 33.7 Å². The number of halogens is 3. The second-order valence-corrected chi connectivity index (χ2v) is 9.43. The lowest BCUT2D eigenvalue weighted by atomic mass is 10.1. The maximum absolute atomic E-state index is 13.2. The van der Waals surface area contributed by atoms with Crippen LogP contribution in [0.3, 0.4) is 0 Å². The second-order valence-electron chi connectivity index (χ2n) is 9.43. The number of alkyl halides is 3. The number of amides is 1. The molecule has 11 heteroatoms. The van der Waals surface area contributed by atoms with Gasteiger partial charge in [-0.15, -0.1) is 0 Å². The van der Waals surface area contributed by atoms with Crippen LogP contribution in [-0.2, 0) is 20.5 Å². The highest BCUT2D eigenvalue weighted by atomic mass is 19.4. The van der Waals surface area contributed by atoms with E-state index in [0.717, 1.165) is 12.1 Å². The Hall–Kier alpha value is -4.28. The van der Waals surface area contributed by atoms with Crippen molar-refractivity contribution in [3.05, 3.63) is 71.0 Å². The van der Waals surface area contributed by atoms with E-state index in [1.54, 1.807) is 42.7 Å². The fourth-order valence-electron chi connectivity index (χ4n) is 4.91. The maximum atomic E-state index is 13.2. The molecule has 0 aliphatic carbocycles. The van der Waals surface area contributed by atoms with Crippen LogP contribution in [0.15, 0.2) is 48.5 Å². The Bertz CT molecular complexity index is 1460. The van der Waals surface area contributed by atoms with Crippen molar-refractivity contribution in [2.45, 2.75) is 26.4 Å². The molecule has 0 radical (unpaired) electrons. The monoisotopic (exact) mass is 542 g/mol. The van der Waals surface area contributed by atoms with Gasteiger partial charge in [0.1, 0.15) is 13.2 Å². The smallest absolute Gasteiger partial charge is 0.416 e. The van der Waals surface area contributed by atoms with E-state index in [-0.39, 0.29) is 30.1 Å². The third-order valence-electron chi connectivity index (χ3n) is 6.80. The average Bonchev–Trinajstić information content (AvgIpc) is 3.45. The van der Waals surface area contributed by atoms with Gasteiger partial charge in [-0.3, -0.25) is 14.4 Å². The SMILES string of the molecule is Cc1cc(C(=O)COC(=O)C2CC(=O)N(c3ccc4c(c3)OCCO4)C2)c(C)n1-c1cccc(C(F)(F)F)c1. The van der Waals surface area contributed by atoms with Crippen LogP contribution in [0.25, 0.3) is 5.69 Å². The minimum atomic E-state index is -4.50. The summed E-state index contributed by atoms with van der Waals surface area (Å²) >= 11 is 0.